The van der Waals surface area contributed by atoms with E-state index in [-0.39, 0.29) is 6.61 Å². The maximum absolute atomic E-state index is 12.0. The lowest BCUT2D eigenvalue weighted by molar-refractivity contribution is -0.118. The maximum atomic E-state index is 12.0. The van der Waals surface area contributed by atoms with Gasteiger partial charge in [0.15, 0.2) is 18.1 Å². The average molecular weight is 365 g/mol. The van der Waals surface area contributed by atoms with E-state index in [0.29, 0.717) is 39.4 Å². The van der Waals surface area contributed by atoms with Crippen molar-refractivity contribution in [2.75, 3.05) is 18.5 Å². The molecule has 0 fully saturated rings. The molecule has 24 heavy (non-hydrogen) atoms. The van der Waals surface area contributed by atoms with E-state index in [4.69, 9.17) is 37.9 Å². The van der Waals surface area contributed by atoms with Gasteiger partial charge in [0.1, 0.15) is 0 Å². The molecule has 0 aliphatic rings. The third-order valence-electron chi connectivity index (χ3n) is 2.93. The Labute approximate surface area is 149 Å². The number of hydrogen-bond donors (Lipinski definition) is 1. The van der Waals surface area contributed by atoms with Gasteiger partial charge in [-0.15, -0.1) is 0 Å². The van der Waals surface area contributed by atoms with E-state index in [0.717, 1.165) is 0 Å². The summed E-state index contributed by atoms with van der Waals surface area (Å²) >= 11 is 11.9. The van der Waals surface area contributed by atoms with Gasteiger partial charge >= 0.3 is 0 Å². The van der Waals surface area contributed by atoms with Gasteiger partial charge in [0.2, 0.25) is 0 Å². The van der Waals surface area contributed by atoms with Crippen LogP contribution in [0.3, 0.4) is 0 Å². The Bertz CT molecular complexity index is 788. The third kappa shape index (κ3) is 4.79. The van der Waals surface area contributed by atoms with Gasteiger partial charge in [-0.25, -0.2) is 0 Å². The van der Waals surface area contributed by atoms with Gasteiger partial charge in [0.05, 0.1) is 28.9 Å². The number of rotatable bonds is 6. The van der Waals surface area contributed by atoms with Crippen LogP contribution in [0, 0.1) is 11.3 Å². The van der Waals surface area contributed by atoms with Gasteiger partial charge < -0.3 is 14.8 Å². The van der Waals surface area contributed by atoms with Crippen LogP contribution in [-0.2, 0) is 4.79 Å². The predicted molar refractivity (Wildman–Crippen MR) is 92.9 cm³/mol. The number of amides is 1. The van der Waals surface area contributed by atoms with Crippen molar-refractivity contribution in [3.8, 4) is 17.6 Å². The highest BCUT2D eigenvalue weighted by atomic mass is 35.5. The smallest absolute Gasteiger partial charge is 0.262 e. The minimum atomic E-state index is -0.397. The molecule has 0 spiro atoms. The van der Waals surface area contributed by atoms with Crippen molar-refractivity contribution < 1.29 is 14.3 Å². The topological polar surface area (TPSA) is 71.3 Å². The van der Waals surface area contributed by atoms with Crippen molar-refractivity contribution in [2.24, 2.45) is 0 Å². The SMILES string of the molecule is CCOc1cc(C#N)ccc1OCC(=O)Nc1cc(Cl)ccc1Cl. The molecule has 0 radical (unpaired) electrons. The molecule has 0 aliphatic carbocycles. The van der Waals surface area contributed by atoms with E-state index in [1.807, 2.05) is 13.0 Å². The molecule has 124 valence electrons. The Kier molecular flexibility index (Phi) is 6.30. The minimum absolute atomic E-state index is 0.241. The van der Waals surface area contributed by atoms with E-state index in [1.165, 1.54) is 0 Å². The Balaban J connectivity index is 2.03. The van der Waals surface area contributed by atoms with Crippen molar-refractivity contribution in [1.29, 1.82) is 5.26 Å². The highest BCUT2D eigenvalue weighted by Crippen LogP contribution is 2.29. The van der Waals surface area contributed by atoms with Crippen molar-refractivity contribution in [3.05, 3.63) is 52.0 Å². The third-order valence-corrected chi connectivity index (χ3v) is 3.50. The summed E-state index contributed by atoms with van der Waals surface area (Å²) in [6, 6.07) is 11.5. The molecular formula is C17H14Cl2N2O3. The lowest BCUT2D eigenvalue weighted by Crippen LogP contribution is -2.20. The summed E-state index contributed by atoms with van der Waals surface area (Å²) in [7, 11) is 0. The minimum Gasteiger partial charge on any atom is -0.490 e. The lowest BCUT2D eigenvalue weighted by Gasteiger charge is -2.12. The van der Waals surface area contributed by atoms with Crippen molar-refractivity contribution in [1.82, 2.24) is 0 Å². The standard InChI is InChI=1S/C17H14Cl2N2O3/c1-2-23-16-7-11(9-20)3-6-15(16)24-10-17(22)21-14-8-12(18)4-5-13(14)19/h3-8H,2,10H2,1H3,(H,21,22). The second-order valence-corrected chi connectivity index (χ2v) is 5.51. The molecule has 5 nitrogen and oxygen atoms in total. The second kappa shape index (κ2) is 8.44. The average Bonchev–Trinajstić information content (AvgIpc) is 2.57. The molecular weight excluding hydrogens is 351 g/mol. The van der Waals surface area contributed by atoms with Crippen molar-refractivity contribution in [3.63, 3.8) is 0 Å². The van der Waals surface area contributed by atoms with Gasteiger partial charge in [-0.2, -0.15) is 5.26 Å². The first-order chi connectivity index (χ1) is 11.5. The summed E-state index contributed by atoms with van der Waals surface area (Å²) in [5, 5.41) is 12.4. The largest absolute Gasteiger partial charge is 0.490 e. The zero-order valence-corrected chi connectivity index (χ0v) is 14.3. The van der Waals surface area contributed by atoms with Gasteiger partial charge in [-0.05, 0) is 37.3 Å². The summed E-state index contributed by atoms with van der Waals surface area (Å²) in [6.07, 6.45) is 0. The molecule has 0 heterocycles. The van der Waals surface area contributed by atoms with Crippen molar-refractivity contribution >= 4 is 34.8 Å². The fraction of sp³-hybridized carbons (Fsp3) is 0.176. The van der Waals surface area contributed by atoms with Crippen LogP contribution < -0.4 is 14.8 Å². The van der Waals surface area contributed by atoms with E-state index in [1.54, 1.807) is 36.4 Å². The first-order valence-corrected chi connectivity index (χ1v) is 7.83. The summed E-state index contributed by atoms with van der Waals surface area (Å²) < 4.78 is 10.9. The predicted octanol–water partition coefficient (Wildman–Crippen LogP) is 4.28. The lowest BCUT2D eigenvalue weighted by atomic mass is 10.2. The molecule has 2 rings (SSSR count). The van der Waals surface area contributed by atoms with E-state index >= 15 is 0 Å². The summed E-state index contributed by atoms with van der Waals surface area (Å²) in [4.78, 5) is 12.0. The summed E-state index contributed by atoms with van der Waals surface area (Å²) in [5.74, 6) is 0.388. The number of nitrogens with one attached hydrogen (secondary N) is 1. The van der Waals surface area contributed by atoms with Crippen molar-refractivity contribution in [2.45, 2.75) is 6.92 Å². The first kappa shape index (κ1) is 17.9. The van der Waals surface area contributed by atoms with Crippen LogP contribution in [0.25, 0.3) is 0 Å². The molecule has 2 aromatic carbocycles. The number of halogens is 2. The number of nitriles is 1. The number of anilines is 1. The molecule has 0 unspecified atom stereocenters. The first-order valence-electron chi connectivity index (χ1n) is 7.08. The fourth-order valence-corrected chi connectivity index (χ4v) is 2.22. The number of benzene rings is 2. The van der Waals surface area contributed by atoms with Crippen LogP contribution in [0.4, 0.5) is 5.69 Å². The van der Waals surface area contributed by atoms with E-state index in [9.17, 15) is 4.79 Å². The van der Waals surface area contributed by atoms with Crippen LogP contribution in [-0.4, -0.2) is 19.1 Å². The molecule has 0 aromatic heterocycles. The Morgan fingerprint density at radius 2 is 1.96 bits per heavy atom. The quantitative estimate of drug-likeness (QED) is 0.829. The molecule has 0 saturated carbocycles. The van der Waals surface area contributed by atoms with Crippen LogP contribution in [0.2, 0.25) is 10.0 Å². The number of carbonyl (C=O) groups excluding carboxylic acids is 1. The number of carbonyl (C=O) groups is 1. The van der Waals surface area contributed by atoms with Gasteiger partial charge in [-0.3, -0.25) is 4.79 Å². The summed E-state index contributed by atoms with van der Waals surface area (Å²) in [5.41, 5.74) is 0.851. The summed E-state index contributed by atoms with van der Waals surface area (Å²) in [6.45, 7) is 1.99. The van der Waals surface area contributed by atoms with Crippen LogP contribution in [0.15, 0.2) is 36.4 Å². The Hall–Kier alpha value is -2.42. The number of hydrogen-bond acceptors (Lipinski definition) is 4. The highest BCUT2D eigenvalue weighted by molar-refractivity contribution is 6.35. The molecule has 1 N–H and O–H groups in total. The fourth-order valence-electron chi connectivity index (χ4n) is 1.89. The Morgan fingerprint density at radius 1 is 1.17 bits per heavy atom. The highest BCUT2D eigenvalue weighted by Gasteiger charge is 2.11. The van der Waals surface area contributed by atoms with Gasteiger partial charge in [0.25, 0.3) is 5.91 Å². The van der Waals surface area contributed by atoms with Gasteiger partial charge in [-0.1, -0.05) is 23.2 Å². The van der Waals surface area contributed by atoms with Crippen LogP contribution in [0.1, 0.15) is 12.5 Å². The number of nitrogens with zero attached hydrogens (tertiary/aromatic N) is 1. The van der Waals surface area contributed by atoms with Crippen LogP contribution in [0.5, 0.6) is 11.5 Å². The van der Waals surface area contributed by atoms with Crippen LogP contribution >= 0.6 is 23.2 Å². The normalized spacial score (nSPS) is 9.92. The molecule has 0 aliphatic heterocycles. The maximum Gasteiger partial charge on any atom is 0.262 e. The van der Waals surface area contributed by atoms with E-state index < -0.39 is 5.91 Å². The molecule has 1 amide bonds. The molecule has 0 saturated heterocycles. The van der Waals surface area contributed by atoms with Gasteiger partial charge in [0, 0.05) is 11.1 Å². The Morgan fingerprint density at radius 3 is 2.67 bits per heavy atom. The second-order valence-electron chi connectivity index (χ2n) is 4.67. The van der Waals surface area contributed by atoms with E-state index in [2.05, 4.69) is 5.32 Å². The molecule has 0 bridgehead atoms. The monoisotopic (exact) mass is 364 g/mol. The molecule has 7 heteroatoms. The zero-order chi connectivity index (χ0) is 17.5. The zero-order valence-electron chi connectivity index (χ0n) is 12.8. The molecule has 0 atom stereocenters. The number of ether oxygens (including phenoxy) is 2. The molecule has 2 aromatic rings.